The lowest BCUT2D eigenvalue weighted by molar-refractivity contribution is 0.0883. The molecule has 0 bridgehead atoms. The monoisotopic (exact) mass is 345 g/mol. The van der Waals surface area contributed by atoms with Crippen molar-refractivity contribution in [2.75, 3.05) is 20.1 Å². The van der Waals surface area contributed by atoms with Crippen molar-refractivity contribution >= 4 is 33.4 Å². The van der Waals surface area contributed by atoms with Gasteiger partial charge in [-0.05, 0) is 47.9 Å². The molecular formula is C13H17BrClN3O. The van der Waals surface area contributed by atoms with Crippen LogP contribution in [0.25, 0.3) is 0 Å². The number of hydrogen-bond acceptors (Lipinski definition) is 3. The van der Waals surface area contributed by atoms with Gasteiger partial charge in [0, 0.05) is 23.3 Å². The summed E-state index contributed by atoms with van der Waals surface area (Å²) in [5.74, 6) is 0.279. The quantitative estimate of drug-likeness (QED) is 0.837. The Labute approximate surface area is 126 Å². The number of likely N-dealkylation sites (tertiary alicyclic amines) is 1. The Morgan fingerprint density at radius 2 is 2.37 bits per heavy atom. The molecule has 2 unspecified atom stereocenters. The van der Waals surface area contributed by atoms with E-state index in [0.717, 1.165) is 24.0 Å². The molecule has 0 aliphatic carbocycles. The molecule has 1 aliphatic rings. The highest BCUT2D eigenvalue weighted by Gasteiger charge is 2.26. The zero-order valence-electron chi connectivity index (χ0n) is 11.0. The Bertz CT molecular complexity index is 483. The maximum atomic E-state index is 12.2. The summed E-state index contributed by atoms with van der Waals surface area (Å²) in [5.41, 5.74) is 0.419. The molecule has 0 saturated carbocycles. The maximum absolute atomic E-state index is 12.2. The van der Waals surface area contributed by atoms with Gasteiger partial charge in [-0.1, -0.05) is 18.5 Å². The van der Waals surface area contributed by atoms with Gasteiger partial charge in [0.1, 0.15) is 5.15 Å². The molecule has 6 heteroatoms. The lowest BCUT2D eigenvalue weighted by atomic mass is 9.94. The van der Waals surface area contributed by atoms with Gasteiger partial charge in [0.05, 0.1) is 5.56 Å². The normalized spacial score (nSPS) is 24.2. The first-order valence-corrected chi connectivity index (χ1v) is 7.45. The van der Waals surface area contributed by atoms with Crippen LogP contribution in [0.4, 0.5) is 0 Å². The van der Waals surface area contributed by atoms with Crippen LogP contribution >= 0.6 is 27.5 Å². The fourth-order valence-corrected chi connectivity index (χ4v) is 2.92. The summed E-state index contributed by atoms with van der Waals surface area (Å²) in [7, 11) is 2.10. The van der Waals surface area contributed by atoms with Gasteiger partial charge in [-0.25, -0.2) is 4.98 Å². The second-order valence-electron chi connectivity index (χ2n) is 5.10. The molecule has 1 amide bonds. The van der Waals surface area contributed by atoms with Crippen LogP contribution in [0.2, 0.25) is 5.15 Å². The van der Waals surface area contributed by atoms with Crippen molar-refractivity contribution in [3.63, 3.8) is 0 Å². The molecule has 0 aromatic carbocycles. The van der Waals surface area contributed by atoms with E-state index in [-0.39, 0.29) is 17.1 Å². The smallest absolute Gasteiger partial charge is 0.254 e. The van der Waals surface area contributed by atoms with Crippen LogP contribution in [0.5, 0.6) is 0 Å². The number of rotatable bonds is 2. The topological polar surface area (TPSA) is 45.2 Å². The third kappa shape index (κ3) is 3.68. The predicted octanol–water partition coefficient (Wildman–Crippen LogP) is 2.57. The number of pyridine rings is 1. The summed E-state index contributed by atoms with van der Waals surface area (Å²) in [6.45, 7) is 4.15. The highest BCUT2D eigenvalue weighted by molar-refractivity contribution is 9.10. The van der Waals surface area contributed by atoms with Crippen molar-refractivity contribution in [1.29, 1.82) is 0 Å². The van der Waals surface area contributed by atoms with Crippen molar-refractivity contribution in [2.24, 2.45) is 5.92 Å². The second kappa shape index (κ2) is 6.20. The van der Waals surface area contributed by atoms with E-state index in [0.29, 0.717) is 11.5 Å². The number of halogens is 2. The number of carbonyl (C=O) groups is 1. The van der Waals surface area contributed by atoms with E-state index in [1.807, 2.05) is 0 Å². The van der Waals surface area contributed by atoms with Gasteiger partial charge >= 0.3 is 0 Å². The first-order valence-electron chi connectivity index (χ1n) is 6.28. The zero-order chi connectivity index (χ0) is 14.0. The van der Waals surface area contributed by atoms with Gasteiger partial charge < -0.3 is 10.2 Å². The molecule has 0 radical (unpaired) electrons. The molecule has 19 heavy (non-hydrogen) atoms. The van der Waals surface area contributed by atoms with E-state index in [2.05, 4.69) is 45.1 Å². The predicted molar refractivity (Wildman–Crippen MR) is 79.5 cm³/mol. The molecule has 1 saturated heterocycles. The van der Waals surface area contributed by atoms with Crippen LogP contribution in [0.1, 0.15) is 23.7 Å². The molecular weight excluding hydrogens is 330 g/mol. The SMILES string of the molecule is CC1CN(C)CCC1NC(=O)c1cc(Br)cnc1Cl. The average Bonchev–Trinajstić information content (AvgIpc) is 2.35. The van der Waals surface area contributed by atoms with E-state index < -0.39 is 0 Å². The molecule has 1 fully saturated rings. The minimum atomic E-state index is -0.153. The Balaban J connectivity index is 2.06. The van der Waals surface area contributed by atoms with Crippen molar-refractivity contribution in [1.82, 2.24) is 15.2 Å². The number of amides is 1. The van der Waals surface area contributed by atoms with E-state index >= 15 is 0 Å². The first kappa shape index (κ1) is 14.8. The molecule has 1 aromatic rings. The Morgan fingerprint density at radius 3 is 3.05 bits per heavy atom. The number of nitrogens with zero attached hydrogens (tertiary/aromatic N) is 2. The molecule has 104 valence electrons. The Hall–Kier alpha value is -0.650. The summed E-state index contributed by atoms with van der Waals surface area (Å²) < 4.78 is 0.749. The van der Waals surface area contributed by atoms with Gasteiger partial charge in [-0.2, -0.15) is 0 Å². The highest BCUT2D eigenvalue weighted by atomic mass is 79.9. The summed E-state index contributed by atoms with van der Waals surface area (Å²) in [6, 6.07) is 1.89. The first-order chi connectivity index (χ1) is 8.97. The third-order valence-corrected chi connectivity index (χ3v) is 4.21. The van der Waals surface area contributed by atoms with Gasteiger partial charge in [0.2, 0.25) is 0 Å². The molecule has 2 atom stereocenters. The number of carbonyl (C=O) groups excluding carboxylic acids is 1. The summed E-state index contributed by atoms with van der Waals surface area (Å²) in [5, 5.41) is 3.30. The minimum Gasteiger partial charge on any atom is -0.349 e. The number of hydrogen-bond donors (Lipinski definition) is 1. The van der Waals surface area contributed by atoms with Crippen LogP contribution in [-0.2, 0) is 0 Å². The average molecular weight is 347 g/mol. The third-order valence-electron chi connectivity index (χ3n) is 3.48. The largest absolute Gasteiger partial charge is 0.349 e. The maximum Gasteiger partial charge on any atom is 0.254 e. The van der Waals surface area contributed by atoms with Gasteiger partial charge in [0.15, 0.2) is 0 Å². The van der Waals surface area contributed by atoms with Crippen LogP contribution in [-0.4, -0.2) is 42.0 Å². The second-order valence-corrected chi connectivity index (χ2v) is 6.37. The van der Waals surface area contributed by atoms with E-state index in [9.17, 15) is 4.79 Å². The van der Waals surface area contributed by atoms with E-state index in [4.69, 9.17) is 11.6 Å². The number of aromatic nitrogens is 1. The fourth-order valence-electron chi connectivity index (χ4n) is 2.40. The van der Waals surface area contributed by atoms with Crippen LogP contribution in [0.15, 0.2) is 16.7 Å². The molecule has 1 aromatic heterocycles. The van der Waals surface area contributed by atoms with Gasteiger partial charge in [0.25, 0.3) is 5.91 Å². The van der Waals surface area contributed by atoms with Crippen LogP contribution in [0.3, 0.4) is 0 Å². The molecule has 1 aliphatic heterocycles. The lowest BCUT2D eigenvalue weighted by Crippen LogP contribution is -2.48. The van der Waals surface area contributed by atoms with Crippen molar-refractivity contribution < 1.29 is 4.79 Å². The number of nitrogens with one attached hydrogen (secondary N) is 1. The molecule has 1 N–H and O–H groups in total. The Kier molecular flexibility index (Phi) is 4.81. The highest BCUT2D eigenvalue weighted by Crippen LogP contribution is 2.20. The standard InChI is InChI=1S/C13H17BrClN3O/c1-8-7-18(2)4-3-11(8)17-13(19)10-5-9(14)6-16-12(10)15/h5-6,8,11H,3-4,7H2,1-2H3,(H,17,19). The summed E-state index contributed by atoms with van der Waals surface area (Å²) in [4.78, 5) is 18.5. The zero-order valence-corrected chi connectivity index (χ0v) is 13.3. The van der Waals surface area contributed by atoms with Crippen molar-refractivity contribution in [2.45, 2.75) is 19.4 Å². The molecule has 2 rings (SSSR count). The lowest BCUT2D eigenvalue weighted by Gasteiger charge is -2.35. The van der Waals surface area contributed by atoms with Gasteiger partial charge in [-0.3, -0.25) is 4.79 Å². The molecule has 0 spiro atoms. The van der Waals surface area contributed by atoms with Gasteiger partial charge in [-0.15, -0.1) is 0 Å². The van der Waals surface area contributed by atoms with Crippen molar-refractivity contribution in [3.8, 4) is 0 Å². The number of piperidine rings is 1. The summed E-state index contributed by atoms with van der Waals surface area (Å²) in [6.07, 6.45) is 2.54. The minimum absolute atomic E-state index is 0.153. The van der Waals surface area contributed by atoms with Crippen LogP contribution < -0.4 is 5.32 Å². The molecule has 2 heterocycles. The molecule has 4 nitrogen and oxygen atoms in total. The van der Waals surface area contributed by atoms with E-state index in [1.165, 1.54) is 0 Å². The Morgan fingerprint density at radius 1 is 1.63 bits per heavy atom. The summed E-state index contributed by atoms with van der Waals surface area (Å²) >= 11 is 9.27. The van der Waals surface area contributed by atoms with E-state index in [1.54, 1.807) is 12.3 Å². The van der Waals surface area contributed by atoms with Crippen LogP contribution in [0, 0.1) is 5.92 Å². The van der Waals surface area contributed by atoms with Crippen molar-refractivity contribution in [3.05, 3.63) is 27.5 Å². The fraction of sp³-hybridized carbons (Fsp3) is 0.538.